The molecule has 0 spiro atoms. The summed E-state index contributed by atoms with van der Waals surface area (Å²) in [4.78, 5) is 0. The van der Waals surface area contributed by atoms with E-state index >= 15 is 0 Å². The number of hydrogen-bond acceptors (Lipinski definition) is 2. The van der Waals surface area contributed by atoms with Gasteiger partial charge in [-0.05, 0) is 52.2 Å². The summed E-state index contributed by atoms with van der Waals surface area (Å²) in [5.74, 6) is 0.728. The molecule has 1 heterocycles. The number of hydrogen-bond donors (Lipinski definition) is 1. The maximum atomic E-state index is 3.62. The van der Waals surface area contributed by atoms with Gasteiger partial charge in [0.05, 0.1) is 0 Å². The Hall–Kier alpha value is 0.140. The van der Waals surface area contributed by atoms with Crippen molar-refractivity contribution in [1.82, 2.24) is 5.32 Å². The zero-order chi connectivity index (χ0) is 11.3. The highest BCUT2D eigenvalue weighted by Crippen LogP contribution is 2.30. The monoisotopic (exact) mass is 289 g/mol. The Kier molecular flexibility index (Phi) is 5.87. The second kappa shape index (κ2) is 6.66. The lowest BCUT2D eigenvalue weighted by Gasteiger charge is -2.20. The molecular formula is C12H20BrNS. The van der Waals surface area contributed by atoms with E-state index in [9.17, 15) is 0 Å². The predicted molar refractivity (Wildman–Crippen MR) is 72.5 cm³/mol. The van der Waals surface area contributed by atoms with Gasteiger partial charge in [-0.25, -0.2) is 0 Å². The third-order valence-corrected chi connectivity index (χ3v) is 4.12. The van der Waals surface area contributed by atoms with Crippen LogP contribution < -0.4 is 5.32 Å². The highest BCUT2D eigenvalue weighted by atomic mass is 79.9. The first-order chi connectivity index (χ1) is 7.15. The summed E-state index contributed by atoms with van der Waals surface area (Å²) in [6, 6.07) is 0.505. The van der Waals surface area contributed by atoms with E-state index < -0.39 is 0 Å². The van der Waals surface area contributed by atoms with Gasteiger partial charge in [0.15, 0.2) is 0 Å². The van der Waals surface area contributed by atoms with Gasteiger partial charge in [-0.2, -0.15) is 11.3 Å². The van der Waals surface area contributed by atoms with Gasteiger partial charge < -0.3 is 5.32 Å². The van der Waals surface area contributed by atoms with E-state index in [0.717, 1.165) is 12.5 Å². The van der Waals surface area contributed by atoms with Gasteiger partial charge >= 0.3 is 0 Å². The van der Waals surface area contributed by atoms with Crippen molar-refractivity contribution in [3.05, 3.63) is 20.8 Å². The van der Waals surface area contributed by atoms with Crippen LogP contribution in [0.3, 0.4) is 0 Å². The molecule has 0 aromatic carbocycles. The third kappa shape index (κ3) is 4.25. The standard InChI is InChI=1S/C12H20BrNS/c1-4-5-14-12(6-9(2)3)10-7-15-8-11(10)13/h7-9,12,14H,4-6H2,1-3H3. The molecule has 0 radical (unpaired) electrons. The Morgan fingerprint density at radius 1 is 1.40 bits per heavy atom. The molecule has 1 aromatic heterocycles. The molecule has 1 N–H and O–H groups in total. The quantitative estimate of drug-likeness (QED) is 0.807. The Balaban J connectivity index is 2.67. The molecule has 1 aromatic rings. The van der Waals surface area contributed by atoms with Crippen LogP contribution in [-0.4, -0.2) is 6.54 Å². The average molecular weight is 290 g/mol. The van der Waals surface area contributed by atoms with Crippen LogP contribution in [0.1, 0.15) is 45.2 Å². The van der Waals surface area contributed by atoms with Crippen molar-refractivity contribution < 1.29 is 0 Å². The zero-order valence-corrected chi connectivity index (χ0v) is 12.1. The van der Waals surface area contributed by atoms with Crippen LogP contribution in [-0.2, 0) is 0 Å². The van der Waals surface area contributed by atoms with Gasteiger partial charge in [0.2, 0.25) is 0 Å². The molecule has 0 bridgehead atoms. The minimum Gasteiger partial charge on any atom is -0.310 e. The Labute approximate surface area is 105 Å². The minimum atomic E-state index is 0.505. The third-order valence-electron chi connectivity index (χ3n) is 2.37. The zero-order valence-electron chi connectivity index (χ0n) is 9.72. The summed E-state index contributed by atoms with van der Waals surface area (Å²) in [6.45, 7) is 7.86. The molecule has 0 aliphatic rings. The number of halogens is 1. The second-order valence-electron chi connectivity index (χ2n) is 4.31. The van der Waals surface area contributed by atoms with Gasteiger partial charge in [0.1, 0.15) is 0 Å². The van der Waals surface area contributed by atoms with E-state index in [1.807, 2.05) is 0 Å². The van der Waals surface area contributed by atoms with Crippen LogP contribution in [0.5, 0.6) is 0 Å². The normalized spacial score (nSPS) is 13.4. The van der Waals surface area contributed by atoms with Crippen LogP contribution in [0.2, 0.25) is 0 Å². The molecular weight excluding hydrogens is 270 g/mol. The van der Waals surface area contributed by atoms with Crippen LogP contribution in [0, 0.1) is 5.92 Å². The van der Waals surface area contributed by atoms with Crippen LogP contribution in [0.4, 0.5) is 0 Å². The Morgan fingerprint density at radius 2 is 2.13 bits per heavy atom. The summed E-state index contributed by atoms with van der Waals surface area (Å²) in [5.41, 5.74) is 1.42. The highest BCUT2D eigenvalue weighted by Gasteiger charge is 2.15. The average Bonchev–Trinajstić information content (AvgIpc) is 2.58. The van der Waals surface area contributed by atoms with Gasteiger partial charge in [-0.3, -0.25) is 0 Å². The Morgan fingerprint density at radius 3 is 2.60 bits per heavy atom. The van der Waals surface area contributed by atoms with E-state index in [-0.39, 0.29) is 0 Å². The maximum Gasteiger partial charge on any atom is 0.0342 e. The smallest absolute Gasteiger partial charge is 0.0342 e. The molecule has 1 nitrogen and oxygen atoms in total. The summed E-state index contributed by atoms with van der Waals surface area (Å²) >= 11 is 5.39. The first-order valence-corrected chi connectivity index (χ1v) is 7.33. The molecule has 1 rings (SSSR count). The Bertz CT molecular complexity index is 283. The number of nitrogens with one attached hydrogen (secondary N) is 1. The van der Waals surface area contributed by atoms with Gasteiger partial charge in [-0.15, -0.1) is 0 Å². The summed E-state index contributed by atoms with van der Waals surface area (Å²) in [6.07, 6.45) is 2.39. The second-order valence-corrected chi connectivity index (χ2v) is 5.91. The summed E-state index contributed by atoms with van der Waals surface area (Å²) in [7, 11) is 0. The molecule has 0 saturated carbocycles. The van der Waals surface area contributed by atoms with E-state index in [1.165, 1.54) is 22.9 Å². The van der Waals surface area contributed by atoms with Crippen molar-refractivity contribution in [2.24, 2.45) is 5.92 Å². The van der Waals surface area contributed by atoms with Crippen LogP contribution in [0.25, 0.3) is 0 Å². The molecule has 3 heteroatoms. The first kappa shape index (κ1) is 13.2. The summed E-state index contributed by atoms with van der Waals surface area (Å²) < 4.78 is 1.25. The number of thiophene rings is 1. The molecule has 86 valence electrons. The van der Waals surface area contributed by atoms with Crippen LogP contribution in [0.15, 0.2) is 15.2 Å². The topological polar surface area (TPSA) is 12.0 Å². The molecule has 0 aliphatic carbocycles. The predicted octanol–water partition coefficient (Wildman–Crippen LogP) is 4.60. The molecule has 1 unspecified atom stereocenters. The van der Waals surface area contributed by atoms with Crippen LogP contribution >= 0.6 is 27.3 Å². The molecule has 0 saturated heterocycles. The van der Waals surface area contributed by atoms with Crippen molar-refractivity contribution in [2.75, 3.05) is 6.54 Å². The largest absolute Gasteiger partial charge is 0.310 e. The van der Waals surface area contributed by atoms with E-state index in [4.69, 9.17) is 0 Å². The molecule has 0 fully saturated rings. The lowest BCUT2D eigenvalue weighted by atomic mass is 9.99. The van der Waals surface area contributed by atoms with Gasteiger partial charge in [0.25, 0.3) is 0 Å². The van der Waals surface area contributed by atoms with Crippen molar-refractivity contribution in [2.45, 2.75) is 39.7 Å². The number of rotatable bonds is 6. The molecule has 0 amide bonds. The maximum absolute atomic E-state index is 3.62. The van der Waals surface area contributed by atoms with E-state index in [2.05, 4.69) is 52.8 Å². The fraction of sp³-hybridized carbons (Fsp3) is 0.667. The lowest BCUT2D eigenvalue weighted by Crippen LogP contribution is -2.23. The van der Waals surface area contributed by atoms with Crippen molar-refractivity contribution in [3.8, 4) is 0 Å². The molecule has 1 atom stereocenters. The van der Waals surface area contributed by atoms with E-state index in [0.29, 0.717) is 6.04 Å². The van der Waals surface area contributed by atoms with Crippen molar-refractivity contribution >= 4 is 27.3 Å². The summed E-state index contributed by atoms with van der Waals surface area (Å²) in [5, 5.41) is 8.03. The van der Waals surface area contributed by atoms with Crippen molar-refractivity contribution in [3.63, 3.8) is 0 Å². The van der Waals surface area contributed by atoms with Crippen molar-refractivity contribution in [1.29, 1.82) is 0 Å². The van der Waals surface area contributed by atoms with E-state index in [1.54, 1.807) is 11.3 Å². The highest BCUT2D eigenvalue weighted by molar-refractivity contribution is 9.10. The molecule has 0 aliphatic heterocycles. The van der Waals surface area contributed by atoms with Gasteiger partial charge in [-0.1, -0.05) is 20.8 Å². The molecule has 15 heavy (non-hydrogen) atoms. The first-order valence-electron chi connectivity index (χ1n) is 5.60. The van der Waals surface area contributed by atoms with Gasteiger partial charge in [0, 0.05) is 15.9 Å². The lowest BCUT2D eigenvalue weighted by molar-refractivity contribution is 0.430. The minimum absolute atomic E-state index is 0.505. The fourth-order valence-electron chi connectivity index (χ4n) is 1.65. The SMILES string of the molecule is CCCNC(CC(C)C)c1cscc1Br. The fourth-order valence-corrected chi connectivity index (χ4v) is 3.28.